The van der Waals surface area contributed by atoms with Gasteiger partial charge in [0.15, 0.2) is 0 Å². The largest absolute Gasteiger partial charge is 0.457 e. The predicted octanol–water partition coefficient (Wildman–Crippen LogP) is 7.45. The van der Waals surface area contributed by atoms with Crippen molar-refractivity contribution >= 4 is 27.5 Å². The van der Waals surface area contributed by atoms with E-state index in [9.17, 15) is 13.2 Å². The van der Waals surface area contributed by atoms with Crippen LogP contribution in [0.2, 0.25) is 0 Å². The van der Waals surface area contributed by atoms with Crippen molar-refractivity contribution in [2.24, 2.45) is 0 Å². The summed E-state index contributed by atoms with van der Waals surface area (Å²) in [6.45, 7) is 0. The van der Waals surface area contributed by atoms with Crippen LogP contribution in [-0.4, -0.2) is 4.98 Å². The molecular formula is C26H17F3N2O. The van der Waals surface area contributed by atoms with Gasteiger partial charge in [0.05, 0.1) is 16.6 Å². The number of anilines is 1. The smallest absolute Gasteiger partial charge is 0.416 e. The molecule has 1 heterocycles. The maximum atomic E-state index is 12.9. The average Bonchev–Trinajstić information content (AvgIpc) is 2.78. The van der Waals surface area contributed by atoms with Crippen molar-refractivity contribution in [3.8, 4) is 22.6 Å². The molecule has 0 saturated carbocycles. The Morgan fingerprint density at radius 3 is 2.25 bits per heavy atom. The maximum Gasteiger partial charge on any atom is 0.416 e. The molecule has 0 bridgehead atoms. The molecule has 32 heavy (non-hydrogen) atoms. The summed E-state index contributed by atoms with van der Waals surface area (Å²) >= 11 is 0. The number of nitrogen functional groups attached to an aromatic ring is 1. The Morgan fingerprint density at radius 1 is 0.688 bits per heavy atom. The van der Waals surface area contributed by atoms with Crippen molar-refractivity contribution in [1.29, 1.82) is 0 Å². The van der Waals surface area contributed by atoms with E-state index in [1.54, 1.807) is 12.1 Å². The van der Waals surface area contributed by atoms with E-state index in [2.05, 4.69) is 6.07 Å². The molecule has 5 aromatic rings. The number of fused-ring (bicyclic) bond motifs is 2. The molecule has 0 radical (unpaired) electrons. The van der Waals surface area contributed by atoms with Crippen molar-refractivity contribution in [1.82, 2.24) is 4.98 Å². The lowest BCUT2D eigenvalue weighted by molar-refractivity contribution is -0.137. The monoisotopic (exact) mass is 430 g/mol. The van der Waals surface area contributed by atoms with E-state index in [0.29, 0.717) is 11.4 Å². The van der Waals surface area contributed by atoms with Crippen LogP contribution in [0.1, 0.15) is 5.56 Å². The lowest BCUT2D eigenvalue weighted by atomic mass is 10.0. The minimum absolute atomic E-state index is 0.119. The molecule has 4 aromatic carbocycles. The Kier molecular flexibility index (Phi) is 4.70. The molecule has 0 saturated heterocycles. The summed E-state index contributed by atoms with van der Waals surface area (Å²) in [6.07, 6.45) is -4.42. The van der Waals surface area contributed by atoms with E-state index in [1.807, 2.05) is 48.5 Å². The molecule has 0 spiro atoms. The third-order valence-electron chi connectivity index (χ3n) is 5.25. The Labute approximate surface area is 181 Å². The number of ether oxygens (including phenoxy) is 1. The van der Waals surface area contributed by atoms with Crippen molar-refractivity contribution < 1.29 is 17.9 Å². The Bertz CT molecular complexity index is 1440. The number of benzene rings is 4. The summed E-state index contributed by atoms with van der Waals surface area (Å²) < 4.78 is 44.3. The fraction of sp³-hybridized carbons (Fsp3) is 0.0385. The first-order chi connectivity index (χ1) is 15.4. The van der Waals surface area contributed by atoms with E-state index in [1.165, 1.54) is 12.1 Å². The highest BCUT2D eigenvalue weighted by Gasteiger charge is 2.30. The summed E-state index contributed by atoms with van der Waals surface area (Å²) in [6, 6.07) is 25.6. The fourth-order valence-corrected chi connectivity index (χ4v) is 3.67. The van der Waals surface area contributed by atoms with Gasteiger partial charge in [-0.3, -0.25) is 0 Å². The topological polar surface area (TPSA) is 48.1 Å². The first-order valence-electron chi connectivity index (χ1n) is 9.91. The molecule has 0 aliphatic carbocycles. The molecule has 3 nitrogen and oxygen atoms in total. The number of rotatable bonds is 3. The van der Waals surface area contributed by atoms with Gasteiger partial charge in [0.1, 0.15) is 11.5 Å². The van der Waals surface area contributed by atoms with Crippen LogP contribution in [0.5, 0.6) is 11.5 Å². The van der Waals surface area contributed by atoms with Crippen LogP contribution in [0.15, 0.2) is 91.0 Å². The van der Waals surface area contributed by atoms with E-state index in [-0.39, 0.29) is 5.75 Å². The zero-order chi connectivity index (χ0) is 22.3. The molecule has 0 aliphatic heterocycles. The molecule has 0 amide bonds. The van der Waals surface area contributed by atoms with Gasteiger partial charge in [-0.25, -0.2) is 4.98 Å². The van der Waals surface area contributed by atoms with Gasteiger partial charge in [-0.2, -0.15) is 13.2 Å². The van der Waals surface area contributed by atoms with Crippen molar-refractivity contribution in [3.63, 3.8) is 0 Å². The lowest BCUT2D eigenvalue weighted by Crippen LogP contribution is -2.04. The SMILES string of the molecule is Nc1cc2cc3ccccc3nc2cc1-c1ccc(Oc2cccc(C(F)(F)F)c2)cc1. The molecule has 6 heteroatoms. The first-order valence-corrected chi connectivity index (χ1v) is 9.91. The van der Waals surface area contributed by atoms with Crippen LogP contribution in [0.3, 0.4) is 0 Å². The second-order valence-electron chi connectivity index (χ2n) is 7.47. The van der Waals surface area contributed by atoms with Gasteiger partial charge in [0, 0.05) is 22.0 Å². The zero-order valence-electron chi connectivity index (χ0n) is 16.7. The molecule has 2 N–H and O–H groups in total. The highest BCUT2D eigenvalue weighted by atomic mass is 19.4. The molecule has 0 fully saturated rings. The Balaban J connectivity index is 1.46. The highest BCUT2D eigenvalue weighted by molar-refractivity contribution is 5.97. The molecule has 0 atom stereocenters. The number of hydrogen-bond donors (Lipinski definition) is 1. The fourth-order valence-electron chi connectivity index (χ4n) is 3.67. The summed E-state index contributed by atoms with van der Waals surface area (Å²) in [5.41, 5.74) is 9.59. The van der Waals surface area contributed by atoms with Gasteiger partial charge in [-0.05, 0) is 60.2 Å². The van der Waals surface area contributed by atoms with E-state index in [4.69, 9.17) is 15.5 Å². The van der Waals surface area contributed by atoms with Crippen molar-refractivity contribution in [3.05, 3.63) is 96.6 Å². The van der Waals surface area contributed by atoms with Gasteiger partial charge in [-0.1, -0.05) is 36.4 Å². The third kappa shape index (κ3) is 3.83. The molecular weight excluding hydrogens is 413 g/mol. The van der Waals surface area contributed by atoms with E-state index in [0.717, 1.165) is 45.1 Å². The van der Waals surface area contributed by atoms with Crippen LogP contribution < -0.4 is 10.5 Å². The molecule has 1 aromatic heterocycles. The number of para-hydroxylation sites is 1. The van der Waals surface area contributed by atoms with Gasteiger partial charge in [0.25, 0.3) is 0 Å². The number of pyridine rings is 1. The zero-order valence-corrected chi connectivity index (χ0v) is 16.7. The molecule has 0 aliphatic rings. The number of alkyl halides is 3. The highest BCUT2D eigenvalue weighted by Crippen LogP contribution is 2.35. The Hall–Kier alpha value is -4.06. The third-order valence-corrected chi connectivity index (χ3v) is 5.25. The van der Waals surface area contributed by atoms with Crippen molar-refractivity contribution in [2.45, 2.75) is 6.18 Å². The minimum atomic E-state index is -4.42. The molecule has 158 valence electrons. The number of aromatic nitrogens is 1. The second kappa shape index (κ2) is 7.57. The van der Waals surface area contributed by atoms with Crippen molar-refractivity contribution in [2.75, 3.05) is 5.73 Å². The van der Waals surface area contributed by atoms with Gasteiger partial charge >= 0.3 is 6.18 Å². The standard InChI is InChI=1S/C26H17F3N2O/c27-26(28,29)19-5-3-6-21(14-19)32-20-10-8-16(9-11-20)22-15-25-18(13-23(22)30)12-17-4-1-2-7-24(17)31-25/h1-15H,30H2. The van der Waals surface area contributed by atoms with Crippen LogP contribution in [0, 0.1) is 0 Å². The maximum absolute atomic E-state index is 12.9. The van der Waals surface area contributed by atoms with Crippen LogP contribution >= 0.6 is 0 Å². The average molecular weight is 430 g/mol. The molecule has 5 rings (SSSR count). The van der Waals surface area contributed by atoms with Crippen LogP contribution in [0.25, 0.3) is 32.9 Å². The summed E-state index contributed by atoms with van der Waals surface area (Å²) in [4.78, 5) is 4.73. The summed E-state index contributed by atoms with van der Waals surface area (Å²) in [5.74, 6) is 0.547. The first kappa shape index (κ1) is 19.9. The number of halogens is 3. The van der Waals surface area contributed by atoms with Gasteiger partial charge in [0.2, 0.25) is 0 Å². The normalized spacial score (nSPS) is 11.7. The Morgan fingerprint density at radius 2 is 1.47 bits per heavy atom. The number of nitrogens with zero attached hydrogens (tertiary/aromatic N) is 1. The van der Waals surface area contributed by atoms with Gasteiger partial charge < -0.3 is 10.5 Å². The number of hydrogen-bond acceptors (Lipinski definition) is 3. The predicted molar refractivity (Wildman–Crippen MR) is 121 cm³/mol. The quantitative estimate of drug-likeness (QED) is 0.239. The minimum Gasteiger partial charge on any atom is -0.457 e. The van der Waals surface area contributed by atoms with E-state index < -0.39 is 11.7 Å². The van der Waals surface area contributed by atoms with Crippen LogP contribution in [0.4, 0.5) is 18.9 Å². The summed E-state index contributed by atoms with van der Waals surface area (Å²) in [7, 11) is 0. The van der Waals surface area contributed by atoms with Gasteiger partial charge in [-0.15, -0.1) is 0 Å². The summed E-state index contributed by atoms with van der Waals surface area (Å²) in [5, 5.41) is 2.00. The van der Waals surface area contributed by atoms with E-state index >= 15 is 0 Å². The second-order valence-corrected chi connectivity index (χ2v) is 7.47. The molecule has 0 unspecified atom stereocenters. The number of nitrogens with two attached hydrogens (primary N) is 1. The van der Waals surface area contributed by atoms with Crippen LogP contribution in [-0.2, 0) is 6.18 Å². The lowest BCUT2D eigenvalue weighted by Gasteiger charge is -2.12.